The molecular formula is C26H21N5O. The predicted octanol–water partition coefficient (Wildman–Crippen LogP) is 5.10. The Labute approximate surface area is 185 Å². The van der Waals surface area contributed by atoms with E-state index in [0.29, 0.717) is 17.8 Å². The third-order valence-corrected chi connectivity index (χ3v) is 5.42. The number of amides is 1. The van der Waals surface area contributed by atoms with E-state index in [1.54, 1.807) is 18.6 Å². The molecule has 32 heavy (non-hydrogen) atoms. The zero-order chi connectivity index (χ0) is 21.9. The second-order valence-electron chi connectivity index (χ2n) is 7.62. The number of carbonyl (C=O) groups excluding carboxylic acids is 1. The predicted molar refractivity (Wildman–Crippen MR) is 125 cm³/mol. The summed E-state index contributed by atoms with van der Waals surface area (Å²) in [5, 5.41) is 8.20. The summed E-state index contributed by atoms with van der Waals surface area (Å²) in [6, 6.07) is 21.4. The largest absolute Gasteiger partial charge is 0.319 e. The first-order valence-corrected chi connectivity index (χ1v) is 10.4. The Kier molecular flexibility index (Phi) is 5.17. The number of pyridine rings is 2. The van der Waals surface area contributed by atoms with Crippen molar-refractivity contribution in [3.63, 3.8) is 0 Å². The number of nitrogens with zero attached hydrogens (tertiary/aromatic N) is 4. The Bertz CT molecular complexity index is 1410. The number of para-hydroxylation sites is 1. The number of carbonyl (C=O) groups is 1. The van der Waals surface area contributed by atoms with E-state index >= 15 is 0 Å². The Morgan fingerprint density at radius 2 is 1.78 bits per heavy atom. The molecule has 0 aliphatic heterocycles. The lowest BCUT2D eigenvalue weighted by Gasteiger charge is -2.10. The van der Waals surface area contributed by atoms with Crippen molar-refractivity contribution in [1.82, 2.24) is 19.7 Å². The number of benzene rings is 2. The van der Waals surface area contributed by atoms with Crippen molar-refractivity contribution in [2.24, 2.45) is 0 Å². The summed E-state index contributed by atoms with van der Waals surface area (Å²) in [6.45, 7) is 2.73. The Morgan fingerprint density at radius 1 is 1.00 bits per heavy atom. The fraction of sp³-hybridized carbons (Fsp3) is 0.0769. The van der Waals surface area contributed by atoms with Gasteiger partial charge >= 0.3 is 0 Å². The number of nitrogens with one attached hydrogen (secondary N) is 1. The van der Waals surface area contributed by atoms with Crippen LogP contribution in [0.15, 0.2) is 91.5 Å². The van der Waals surface area contributed by atoms with Gasteiger partial charge in [0.2, 0.25) is 0 Å². The topological polar surface area (TPSA) is 72.7 Å². The van der Waals surface area contributed by atoms with Gasteiger partial charge in [0, 0.05) is 29.5 Å². The van der Waals surface area contributed by atoms with Crippen LogP contribution in [0.2, 0.25) is 0 Å². The van der Waals surface area contributed by atoms with Gasteiger partial charge in [-0.1, -0.05) is 42.5 Å². The summed E-state index contributed by atoms with van der Waals surface area (Å²) in [5.74, 6) is -0.200. The Balaban J connectivity index is 1.44. The van der Waals surface area contributed by atoms with Gasteiger partial charge in [-0.05, 0) is 42.3 Å². The van der Waals surface area contributed by atoms with Crippen LogP contribution in [-0.4, -0.2) is 25.7 Å². The minimum absolute atomic E-state index is 0.200. The zero-order valence-corrected chi connectivity index (χ0v) is 17.6. The number of hydrogen-bond acceptors (Lipinski definition) is 4. The highest BCUT2D eigenvalue weighted by atomic mass is 16.1. The van der Waals surface area contributed by atoms with Crippen LogP contribution in [0.4, 0.5) is 5.69 Å². The Hall–Kier alpha value is -4.32. The van der Waals surface area contributed by atoms with Crippen molar-refractivity contribution >= 4 is 22.5 Å². The lowest BCUT2D eigenvalue weighted by Crippen LogP contribution is -2.13. The van der Waals surface area contributed by atoms with E-state index in [9.17, 15) is 4.79 Å². The fourth-order valence-corrected chi connectivity index (χ4v) is 3.71. The molecule has 2 aromatic carbocycles. The van der Waals surface area contributed by atoms with E-state index in [1.807, 2.05) is 65.5 Å². The molecule has 0 spiro atoms. The van der Waals surface area contributed by atoms with Crippen LogP contribution in [0.5, 0.6) is 0 Å². The number of aryl methyl sites for hydroxylation is 1. The molecular weight excluding hydrogens is 398 g/mol. The van der Waals surface area contributed by atoms with Crippen molar-refractivity contribution < 1.29 is 4.79 Å². The summed E-state index contributed by atoms with van der Waals surface area (Å²) in [5.41, 5.74) is 6.01. The molecule has 0 fully saturated rings. The van der Waals surface area contributed by atoms with Crippen molar-refractivity contribution in [2.45, 2.75) is 13.5 Å². The number of anilines is 1. The molecule has 5 rings (SSSR count). The van der Waals surface area contributed by atoms with E-state index in [-0.39, 0.29) is 5.91 Å². The maximum absolute atomic E-state index is 13.2. The average Bonchev–Trinajstić information content (AvgIpc) is 3.27. The molecule has 0 unspecified atom stereocenters. The van der Waals surface area contributed by atoms with Crippen LogP contribution in [0.25, 0.3) is 22.2 Å². The van der Waals surface area contributed by atoms with E-state index in [0.717, 1.165) is 22.2 Å². The molecule has 0 saturated carbocycles. The van der Waals surface area contributed by atoms with Crippen LogP contribution in [0, 0.1) is 6.92 Å². The van der Waals surface area contributed by atoms with Crippen LogP contribution in [-0.2, 0) is 6.54 Å². The van der Waals surface area contributed by atoms with Crippen molar-refractivity contribution in [3.8, 4) is 11.3 Å². The molecule has 156 valence electrons. The van der Waals surface area contributed by atoms with E-state index in [2.05, 4.69) is 34.5 Å². The smallest absolute Gasteiger partial charge is 0.256 e. The molecule has 3 aromatic heterocycles. The first-order valence-electron chi connectivity index (χ1n) is 10.4. The minimum atomic E-state index is -0.200. The molecule has 6 heteroatoms. The molecule has 1 amide bonds. The number of aromatic nitrogens is 4. The third kappa shape index (κ3) is 3.98. The molecule has 0 bridgehead atoms. The van der Waals surface area contributed by atoms with Gasteiger partial charge in [-0.25, -0.2) is 4.98 Å². The number of rotatable bonds is 5. The lowest BCUT2D eigenvalue weighted by atomic mass is 10.0. The molecule has 6 nitrogen and oxygen atoms in total. The summed E-state index contributed by atoms with van der Waals surface area (Å²) >= 11 is 0. The van der Waals surface area contributed by atoms with Crippen molar-refractivity contribution in [2.75, 3.05) is 5.32 Å². The van der Waals surface area contributed by atoms with Gasteiger partial charge in [0.25, 0.3) is 5.91 Å². The highest BCUT2D eigenvalue weighted by Gasteiger charge is 2.15. The zero-order valence-electron chi connectivity index (χ0n) is 17.6. The summed E-state index contributed by atoms with van der Waals surface area (Å²) in [7, 11) is 0. The number of hydrogen-bond donors (Lipinski definition) is 1. The molecule has 0 radical (unpaired) electrons. The van der Waals surface area contributed by atoms with Crippen molar-refractivity contribution in [3.05, 3.63) is 108 Å². The summed E-state index contributed by atoms with van der Waals surface area (Å²) in [4.78, 5) is 22.0. The molecule has 0 aliphatic rings. The van der Waals surface area contributed by atoms with Crippen LogP contribution in [0.3, 0.4) is 0 Å². The highest BCUT2D eigenvalue weighted by Crippen LogP contribution is 2.25. The first-order chi connectivity index (χ1) is 15.7. The maximum Gasteiger partial charge on any atom is 0.256 e. The van der Waals surface area contributed by atoms with Gasteiger partial charge in [-0.2, -0.15) is 5.10 Å². The fourth-order valence-electron chi connectivity index (χ4n) is 3.71. The van der Waals surface area contributed by atoms with Crippen molar-refractivity contribution in [1.29, 1.82) is 0 Å². The second kappa shape index (κ2) is 8.43. The number of fused-ring (bicyclic) bond motifs is 1. The summed E-state index contributed by atoms with van der Waals surface area (Å²) in [6.07, 6.45) is 6.95. The van der Waals surface area contributed by atoms with E-state index in [4.69, 9.17) is 4.98 Å². The van der Waals surface area contributed by atoms with Crippen LogP contribution in [0.1, 0.15) is 21.5 Å². The Morgan fingerprint density at radius 3 is 2.62 bits per heavy atom. The SMILES string of the molecule is Cc1ccccc1Cn1cc(NC(=O)c2cc(-c3ccncc3)nc3ccccc23)cn1. The van der Waals surface area contributed by atoms with E-state index in [1.165, 1.54) is 11.1 Å². The normalized spacial score (nSPS) is 10.9. The molecule has 5 aromatic rings. The first kappa shape index (κ1) is 19.6. The summed E-state index contributed by atoms with van der Waals surface area (Å²) < 4.78 is 1.82. The molecule has 0 saturated heterocycles. The molecule has 0 atom stereocenters. The second-order valence-corrected chi connectivity index (χ2v) is 7.62. The van der Waals surface area contributed by atoms with Gasteiger partial charge in [0.15, 0.2) is 0 Å². The molecule has 3 heterocycles. The van der Waals surface area contributed by atoms with Gasteiger partial charge < -0.3 is 5.32 Å². The molecule has 0 aliphatic carbocycles. The average molecular weight is 419 g/mol. The maximum atomic E-state index is 13.2. The third-order valence-electron chi connectivity index (χ3n) is 5.42. The molecule has 1 N–H and O–H groups in total. The van der Waals surface area contributed by atoms with E-state index < -0.39 is 0 Å². The standard InChI is InChI=1S/C26H21N5O/c1-18-6-2-3-7-20(18)16-31-17-21(15-28-31)29-26(32)23-14-25(19-10-12-27-13-11-19)30-24-9-5-4-8-22(23)24/h2-15,17H,16H2,1H3,(H,29,32). The highest BCUT2D eigenvalue weighted by molar-refractivity contribution is 6.13. The van der Waals surface area contributed by atoms with Gasteiger partial charge in [0.05, 0.1) is 35.2 Å². The van der Waals surface area contributed by atoms with Gasteiger partial charge in [-0.3, -0.25) is 14.5 Å². The quantitative estimate of drug-likeness (QED) is 0.430. The lowest BCUT2D eigenvalue weighted by molar-refractivity contribution is 0.102. The monoisotopic (exact) mass is 419 g/mol. The van der Waals surface area contributed by atoms with Crippen LogP contribution >= 0.6 is 0 Å². The van der Waals surface area contributed by atoms with Crippen LogP contribution < -0.4 is 5.32 Å². The minimum Gasteiger partial charge on any atom is -0.319 e. The van der Waals surface area contributed by atoms with Gasteiger partial charge in [0.1, 0.15) is 0 Å². The van der Waals surface area contributed by atoms with Gasteiger partial charge in [-0.15, -0.1) is 0 Å².